The van der Waals surface area contributed by atoms with Gasteiger partial charge < -0.3 is 109 Å². The van der Waals surface area contributed by atoms with Gasteiger partial charge in [-0.15, -0.1) is 0 Å². The number of ketones is 1. The first kappa shape index (κ1) is 58.2. The van der Waals surface area contributed by atoms with E-state index in [1.54, 1.807) is 0 Å². The number of hydrogen-bond acceptors (Lipinski definition) is 23. The van der Waals surface area contributed by atoms with Crippen LogP contribution in [0.25, 0.3) is 0 Å². The summed E-state index contributed by atoms with van der Waals surface area (Å²) in [5, 5.41) is 142. The maximum Gasteiger partial charge on any atom is 0.187 e. The standard InChI is InChI=1S/C52H84O23/c1-7-26(56)28-16-22(2)52(75-28)15-14-49(5)25-8-9-31-48(4,24(25)10-13-50(49,52)6)12-11-32(51(31,20-54)21-55)72-45-41(66)38(63)36(61)30(71-45)19-68-46-42(34(59)27(57)18-67-46)74-47-43(39(64)35(60)29(17-53)70-47)73-44-40(65)37(62)33(58)23(3)69-44/h22-23,27-47,53-55,57-66H,7-21H2,1-6H3/t22-,23+,27+,28+,29-,30-,31-,32+,33+,34+,35-,36-,37-,38+,39+,40-,41-,42-,43-,44+,45+,46+,47+,48-,49+,50+,52+/m1/s1. The average Bonchev–Trinajstić information content (AvgIpc) is 3.89. The minimum Gasteiger partial charge on any atom is -0.396 e. The number of rotatable bonds is 14. The predicted molar refractivity (Wildman–Crippen MR) is 254 cm³/mol. The summed E-state index contributed by atoms with van der Waals surface area (Å²) in [6.45, 7) is 9.55. The number of ether oxygens (including phenoxy) is 9. The van der Waals surface area contributed by atoms with Crippen molar-refractivity contribution in [3.8, 4) is 0 Å². The molecule has 2 saturated carbocycles. The molecule has 13 N–H and O–H groups in total. The number of allylic oxidation sites excluding steroid dienone is 2. The molecule has 4 aliphatic carbocycles. The molecule has 0 aromatic carbocycles. The predicted octanol–water partition coefficient (Wildman–Crippen LogP) is -2.47. The highest BCUT2D eigenvalue weighted by atomic mass is 16.8. The normalized spacial score (nSPS) is 52.9. The maximum atomic E-state index is 13.0. The minimum absolute atomic E-state index is 0.146. The van der Waals surface area contributed by atoms with Crippen molar-refractivity contribution < 1.29 is 114 Å². The molecule has 430 valence electrons. The highest BCUT2D eigenvalue weighted by molar-refractivity contribution is 5.83. The van der Waals surface area contributed by atoms with Crippen LogP contribution in [0.3, 0.4) is 0 Å². The second-order valence-corrected chi connectivity index (χ2v) is 24.0. The fraction of sp³-hybridized carbons (Fsp3) is 0.942. The highest BCUT2D eigenvalue weighted by Crippen LogP contribution is 2.75. The molecule has 5 saturated heterocycles. The fourth-order valence-corrected chi connectivity index (χ4v) is 15.7. The Morgan fingerprint density at radius 3 is 1.93 bits per heavy atom. The van der Waals surface area contributed by atoms with E-state index >= 15 is 0 Å². The first-order valence-corrected chi connectivity index (χ1v) is 27.1. The lowest BCUT2D eigenvalue weighted by molar-refractivity contribution is -0.390. The average molecular weight is 1080 g/mol. The molecule has 5 aliphatic heterocycles. The number of hydrogen-bond donors (Lipinski definition) is 13. The molecule has 9 rings (SSSR count). The van der Waals surface area contributed by atoms with Gasteiger partial charge in [-0.25, -0.2) is 0 Å². The monoisotopic (exact) mass is 1080 g/mol. The minimum atomic E-state index is -1.92. The Hall–Kier alpha value is -1.47. The SMILES string of the molecule is CCC(=O)[C@@H]1C[C@@H](C)[C@]2(CC[C@@]3(C)C4=C(CC[C@@]32C)[C@@]2(C)CC[C@H](O[C@@H]3O[C@H](CO[C@@H]5OC[C@H](O)[C@H](O)[C@H]5O[C@@H]5O[C@H](CO)[C@@H](O)[C@H](O)[C@H]5O[C@@H]5O[C@@H](C)[C@H](O)[C@@H](O)[C@H]5O)[C@@H](O)[C@H](O)[C@H]3O)C(CO)(CO)[C@@H]2CC4)O1. The van der Waals surface area contributed by atoms with Crippen molar-refractivity contribution in [2.24, 2.45) is 33.5 Å². The Labute approximate surface area is 436 Å². The Balaban J connectivity index is 0.903. The summed E-state index contributed by atoms with van der Waals surface area (Å²) in [4.78, 5) is 13.0. The molecule has 1 spiro atoms. The van der Waals surface area contributed by atoms with E-state index in [4.69, 9.17) is 42.6 Å². The summed E-state index contributed by atoms with van der Waals surface area (Å²) in [6, 6.07) is 0. The van der Waals surface area contributed by atoms with Crippen LogP contribution < -0.4 is 0 Å². The molecule has 23 heteroatoms. The first-order chi connectivity index (χ1) is 35.4. The van der Waals surface area contributed by atoms with Crippen molar-refractivity contribution >= 4 is 5.78 Å². The summed E-state index contributed by atoms with van der Waals surface area (Å²) in [6.07, 6.45) is -26.5. The summed E-state index contributed by atoms with van der Waals surface area (Å²) < 4.78 is 54.5. The Morgan fingerprint density at radius 2 is 1.27 bits per heavy atom. The highest BCUT2D eigenvalue weighted by Gasteiger charge is 2.72. The van der Waals surface area contributed by atoms with E-state index in [2.05, 4.69) is 27.7 Å². The Bertz CT molecular complexity index is 2040. The molecule has 0 aromatic heterocycles. The fourth-order valence-electron chi connectivity index (χ4n) is 15.7. The van der Waals surface area contributed by atoms with Crippen LogP contribution >= 0.6 is 0 Å². The zero-order valence-corrected chi connectivity index (χ0v) is 43.8. The third-order valence-electron chi connectivity index (χ3n) is 20.5. The zero-order valence-electron chi connectivity index (χ0n) is 43.8. The van der Waals surface area contributed by atoms with Crippen LogP contribution in [0, 0.1) is 33.5 Å². The number of aliphatic hydroxyl groups is 13. The smallest absolute Gasteiger partial charge is 0.187 e. The van der Waals surface area contributed by atoms with Gasteiger partial charge in [0, 0.05) is 17.3 Å². The Kier molecular flexibility index (Phi) is 16.9. The van der Waals surface area contributed by atoms with E-state index in [-0.39, 0.29) is 28.4 Å². The van der Waals surface area contributed by atoms with E-state index < -0.39 is 178 Å². The van der Waals surface area contributed by atoms with Gasteiger partial charge in [-0.1, -0.05) is 45.8 Å². The molecule has 9 aliphatic rings. The van der Waals surface area contributed by atoms with Crippen molar-refractivity contribution in [1.29, 1.82) is 0 Å². The molecule has 5 heterocycles. The zero-order chi connectivity index (χ0) is 54.5. The first-order valence-electron chi connectivity index (χ1n) is 27.1. The van der Waals surface area contributed by atoms with E-state index in [9.17, 15) is 71.2 Å². The lowest BCUT2D eigenvalue weighted by Crippen LogP contribution is -2.66. The van der Waals surface area contributed by atoms with E-state index in [1.165, 1.54) is 18.1 Å². The Morgan fingerprint density at radius 1 is 0.640 bits per heavy atom. The second-order valence-electron chi connectivity index (χ2n) is 24.0. The van der Waals surface area contributed by atoms with Crippen LogP contribution in [-0.4, -0.2) is 240 Å². The lowest BCUT2D eigenvalue weighted by atomic mass is 9.42. The summed E-state index contributed by atoms with van der Waals surface area (Å²) in [5.41, 5.74) is 0.212. The molecule has 27 atom stereocenters. The van der Waals surface area contributed by atoms with Gasteiger partial charge in [0.05, 0.1) is 50.8 Å². The largest absolute Gasteiger partial charge is 0.396 e. The molecule has 7 fully saturated rings. The summed E-state index contributed by atoms with van der Waals surface area (Å²) >= 11 is 0. The van der Waals surface area contributed by atoms with Gasteiger partial charge in [0.25, 0.3) is 0 Å². The van der Waals surface area contributed by atoms with Crippen LogP contribution in [0.5, 0.6) is 0 Å². The maximum absolute atomic E-state index is 13.0. The van der Waals surface area contributed by atoms with Gasteiger partial charge in [0.1, 0.15) is 91.6 Å². The number of carbonyl (C=O) groups excluding carboxylic acids is 1. The molecular formula is C52H84O23. The molecule has 75 heavy (non-hydrogen) atoms. The third kappa shape index (κ3) is 9.25. The number of fused-ring (bicyclic) bond motifs is 5. The second kappa shape index (κ2) is 21.8. The molecule has 23 nitrogen and oxygen atoms in total. The van der Waals surface area contributed by atoms with E-state index in [1.807, 2.05) is 6.92 Å². The van der Waals surface area contributed by atoms with Crippen LogP contribution in [0.1, 0.15) is 106 Å². The topological polar surface area (TPSA) is 363 Å². The summed E-state index contributed by atoms with van der Waals surface area (Å²) in [5.74, 6) is 0.0832. The number of carbonyl (C=O) groups is 1. The quantitative estimate of drug-likeness (QED) is 0.0802. The molecule has 0 aromatic rings. The van der Waals surface area contributed by atoms with E-state index in [0.717, 1.165) is 38.5 Å². The van der Waals surface area contributed by atoms with Crippen molar-refractivity contribution in [2.45, 2.75) is 240 Å². The molecular weight excluding hydrogens is 993 g/mol. The summed E-state index contributed by atoms with van der Waals surface area (Å²) in [7, 11) is 0. The van der Waals surface area contributed by atoms with Crippen molar-refractivity contribution in [3.05, 3.63) is 11.1 Å². The van der Waals surface area contributed by atoms with Gasteiger partial charge in [0.2, 0.25) is 0 Å². The van der Waals surface area contributed by atoms with Crippen LogP contribution in [-0.2, 0) is 47.4 Å². The van der Waals surface area contributed by atoms with E-state index in [0.29, 0.717) is 25.7 Å². The van der Waals surface area contributed by atoms with Crippen LogP contribution in [0.4, 0.5) is 0 Å². The lowest BCUT2D eigenvalue weighted by Gasteiger charge is -2.64. The van der Waals surface area contributed by atoms with Gasteiger partial charge in [-0.05, 0) is 87.4 Å². The van der Waals surface area contributed by atoms with Gasteiger partial charge in [-0.2, -0.15) is 0 Å². The van der Waals surface area contributed by atoms with Crippen molar-refractivity contribution in [2.75, 3.05) is 33.0 Å². The number of Topliss-reactive ketones (excluding diaryl/α,β-unsaturated/α-hetero) is 1. The van der Waals surface area contributed by atoms with Gasteiger partial charge >= 0.3 is 0 Å². The van der Waals surface area contributed by atoms with Crippen molar-refractivity contribution in [3.63, 3.8) is 0 Å². The van der Waals surface area contributed by atoms with Crippen LogP contribution in [0.2, 0.25) is 0 Å². The molecule has 0 amide bonds. The van der Waals surface area contributed by atoms with Crippen LogP contribution in [0.15, 0.2) is 11.1 Å². The number of aliphatic hydroxyl groups excluding tert-OH is 13. The molecule has 0 bridgehead atoms. The van der Waals surface area contributed by atoms with Gasteiger partial charge in [0.15, 0.2) is 30.9 Å². The molecule has 0 radical (unpaired) electrons. The van der Waals surface area contributed by atoms with Crippen molar-refractivity contribution in [1.82, 2.24) is 0 Å². The third-order valence-corrected chi connectivity index (χ3v) is 20.5. The molecule has 0 unspecified atom stereocenters. The van der Waals surface area contributed by atoms with Gasteiger partial charge in [-0.3, -0.25) is 4.79 Å².